The van der Waals surface area contributed by atoms with Gasteiger partial charge in [-0.15, -0.1) is 5.32 Å². The van der Waals surface area contributed by atoms with E-state index < -0.39 is 0 Å². The fraction of sp³-hybridized carbons (Fsp3) is 0.111. The van der Waals surface area contributed by atoms with Gasteiger partial charge in [-0.05, 0) is 13.0 Å². The van der Waals surface area contributed by atoms with Crippen molar-refractivity contribution >= 4 is 11.3 Å². The molecule has 0 amide bonds. The lowest BCUT2D eigenvalue weighted by Gasteiger charge is -1.90. The molecule has 1 aliphatic heterocycles. The molecule has 1 heterocycles. The van der Waals surface area contributed by atoms with Crippen LogP contribution < -0.4 is 5.32 Å². The first kappa shape index (κ1) is 5.69. The summed E-state index contributed by atoms with van der Waals surface area (Å²) in [6, 6.07) is 8.31. The highest BCUT2D eigenvalue weighted by Gasteiger charge is 2.15. The number of rotatable bonds is 0. The molecule has 1 N–H and O–H groups in total. The first-order valence-electron chi connectivity index (χ1n) is 3.40. The molecule has 1 radical (unpaired) electrons. The van der Waals surface area contributed by atoms with Crippen molar-refractivity contribution in [3.8, 4) is 0 Å². The van der Waals surface area contributed by atoms with E-state index in [1.807, 2.05) is 12.3 Å². The van der Waals surface area contributed by atoms with Crippen molar-refractivity contribution < 1.29 is 5.32 Å². The summed E-state index contributed by atoms with van der Waals surface area (Å²) in [4.78, 5) is 0. The van der Waals surface area contributed by atoms with Crippen LogP contribution in [0.1, 0.15) is 12.5 Å². The summed E-state index contributed by atoms with van der Waals surface area (Å²) < 4.78 is 0. The van der Waals surface area contributed by atoms with Crippen LogP contribution in [0.5, 0.6) is 0 Å². The number of fused-ring (bicyclic) bond motifs is 1. The minimum atomic E-state index is 1.22. The maximum absolute atomic E-state index is 3.19. The summed E-state index contributed by atoms with van der Waals surface area (Å²) in [5.41, 5.74) is 3.86. The quantitative estimate of drug-likeness (QED) is 0.541. The second-order valence-electron chi connectivity index (χ2n) is 2.52. The Kier molecular flexibility index (Phi) is 1.11. The lowest BCUT2D eigenvalue weighted by atomic mass is 10.1. The molecule has 1 heteroatoms. The highest BCUT2D eigenvalue weighted by atomic mass is 14.9. The molecule has 0 atom stereocenters. The highest BCUT2D eigenvalue weighted by Crippen LogP contribution is 2.21. The van der Waals surface area contributed by atoms with E-state index in [2.05, 4.69) is 30.4 Å². The number of benzene rings is 1. The van der Waals surface area contributed by atoms with Crippen molar-refractivity contribution in [1.82, 2.24) is 0 Å². The van der Waals surface area contributed by atoms with E-state index in [1.54, 1.807) is 0 Å². The lowest BCUT2D eigenvalue weighted by molar-refractivity contribution is -0.491. The van der Waals surface area contributed by atoms with Gasteiger partial charge in [-0.1, -0.05) is 12.1 Å². The van der Waals surface area contributed by atoms with Gasteiger partial charge in [0.1, 0.15) is 0 Å². The molecule has 10 heavy (non-hydrogen) atoms. The van der Waals surface area contributed by atoms with Gasteiger partial charge in [0.15, 0.2) is 11.9 Å². The van der Waals surface area contributed by atoms with Gasteiger partial charge in [-0.25, -0.2) is 0 Å². The van der Waals surface area contributed by atoms with Crippen LogP contribution in [0.3, 0.4) is 0 Å². The lowest BCUT2D eigenvalue weighted by Crippen LogP contribution is -2.69. The zero-order valence-electron chi connectivity index (χ0n) is 5.89. The summed E-state index contributed by atoms with van der Waals surface area (Å²) >= 11 is 0. The molecule has 0 spiro atoms. The summed E-state index contributed by atoms with van der Waals surface area (Å²) in [6.45, 7) is 2.11. The average molecular weight is 131 g/mol. The zero-order valence-corrected chi connectivity index (χ0v) is 5.89. The monoisotopic (exact) mass is 131 g/mol. The second kappa shape index (κ2) is 1.96. The van der Waals surface area contributed by atoms with E-state index in [1.165, 1.54) is 16.8 Å². The van der Waals surface area contributed by atoms with Gasteiger partial charge in [0.25, 0.3) is 0 Å². The predicted molar refractivity (Wildman–Crippen MR) is 40.7 cm³/mol. The molecular weight excluding hydrogens is 122 g/mol. The zero-order chi connectivity index (χ0) is 6.97. The van der Waals surface area contributed by atoms with Gasteiger partial charge in [0.05, 0.1) is 0 Å². The molecule has 1 aromatic rings. The third kappa shape index (κ3) is 0.677. The molecule has 0 fully saturated rings. The number of anilines is 1. The average Bonchev–Trinajstić information content (AvgIpc) is 2.34. The van der Waals surface area contributed by atoms with Gasteiger partial charge >= 0.3 is 0 Å². The van der Waals surface area contributed by atoms with Crippen molar-refractivity contribution in [2.45, 2.75) is 6.92 Å². The van der Waals surface area contributed by atoms with Crippen molar-refractivity contribution in [1.29, 1.82) is 0 Å². The predicted octanol–water partition coefficient (Wildman–Crippen LogP) is 1.04. The molecule has 0 aromatic heterocycles. The van der Waals surface area contributed by atoms with Crippen LogP contribution >= 0.6 is 0 Å². The van der Waals surface area contributed by atoms with Crippen LogP contribution in [-0.2, 0) is 0 Å². The van der Waals surface area contributed by atoms with Crippen LogP contribution in [0.4, 0.5) is 5.69 Å². The molecule has 0 saturated heterocycles. The summed E-state index contributed by atoms with van der Waals surface area (Å²) in [5.74, 6) is 0. The molecule has 1 nitrogen and oxygen atoms in total. The van der Waals surface area contributed by atoms with Crippen molar-refractivity contribution in [2.75, 3.05) is 0 Å². The number of hydrogen-bond donors (Lipinski definition) is 1. The third-order valence-corrected chi connectivity index (χ3v) is 1.80. The Hall–Kier alpha value is -1.08. The van der Waals surface area contributed by atoms with E-state index in [0.29, 0.717) is 0 Å². The molecule has 1 aliphatic rings. The van der Waals surface area contributed by atoms with Crippen molar-refractivity contribution in [3.63, 3.8) is 0 Å². The first-order valence-corrected chi connectivity index (χ1v) is 3.40. The van der Waals surface area contributed by atoms with E-state index in [0.717, 1.165) is 0 Å². The Labute approximate surface area is 60.4 Å². The van der Waals surface area contributed by atoms with Gasteiger partial charge in [-0.2, -0.15) is 0 Å². The van der Waals surface area contributed by atoms with E-state index >= 15 is 0 Å². The normalized spacial score (nSPS) is 14.7. The maximum atomic E-state index is 3.19. The van der Waals surface area contributed by atoms with Crippen LogP contribution in [0.2, 0.25) is 0 Å². The number of allylic oxidation sites excluding steroid dienone is 1. The fourth-order valence-electron chi connectivity index (χ4n) is 1.22. The minimum absolute atomic E-state index is 1.22. The largest absolute Gasteiger partial charge is 0.191 e. The Morgan fingerprint density at radius 2 is 2.00 bits per heavy atom. The number of para-hydroxylation sites is 1. The second-order valence-corrected chi connectivity index (χ2v) is 2.52. The minimum Gasteiger partial charge on any atom is -0.116 e. The van der Waals surface area contributed by atoms with Gasteiger partial charge < -0.3 is 0 Å². The summed E-state index contributed by atoms with van der Waals surface area (Å²) in [7, 11) is 0. The standard InChI is InChI=1S/C9H9N/c1-7-6-10-9-5-3-2-4-8(7)9/h2-6,10H,1H3/q+1. The molecule has 0 aliphatic carbocycles. The van der Waals surface area contributed by atoms with E-state index in [-0.39, 0.29) is 0 Å². The molecule has 49 valence electrons. The van der Waals surface area contributed by atoms with Crippen LogP contribution in [-0.4, -0.2) is 0 Å². The van der Waals surface area contributed by atoms with Gasteiger partial charge in [0, 0.05) is 17.2 Å². The molecular formula is C9H9N+. The van der Waals surface area contributed by atoms with Crippen LogP contribution in [0, 0.1) is 0 Å². The Bertz CT molecular complexity index is 287. The first-order chi connectivity index (χ1) is 4.88. The van der Waals surface area contributed by atoms with E-state index in [4.69, 9.17) is 0 Å². The van der Waals surface area contributed by atoms with Gasteiger partial charge in [0.2, 0.25) is 0 Å². The highest BCUT2D eigenvalue weighted by molar-refractivity contribution is 5.72. The number of hydrogen-bond acceptors (Lipinski definition) is 1. The summed E-state index contributed by atoms with van der Waals surface area (Å²) in [6.07, 6.45) is 2.03. The Morgan fingerprint density at radius 1 is 1.20 bits per heavy atom. The fourth-order valence-corrected chi connectivity index (χ4v) is 1.22. The number of nitrogens with one attached hydrogen (secondary N) is 1. The molecule has 0 unspecified atom stereocenters. The Balaban J connectivity index is 2.61. The smallest absolute Gasteiger partial charge is 0.116 e. The SMILES string of the molecule is CC1=C[NH+]c2ccccc21. The van der Waals surface area contributed by atoms with Crippen molar-refractivity contribution in [2.24, 2.45) is 0 Å². The third-order valence-electron chi connectivity index (χ3n) is 1.80. The Morgan fingerprint density at radius 3 is 2.80 bits per heavy atom. The topological polar surface area (TPSA) is 15.6 Å². The van der Waals surface area contributed by atoms with Crippen LogP contribution in [0.15, 0.2) is 30.5 Å². The van der Waals surface area contributed by atoms with Crippen LogP contribution in [0.25, 0.3) is 5.57 Å². The maximum Gasteiger partial charge on any atom is 0.191 e. The van der Waals surface area contributed by atoms with E-state index in [9.17, 15) is 0 Å². The molecule has 1 aromatic carbocycles. The summed E-state index contributed by atoms with van der Waals surface area (Å²) in [5, 5.41) is 3.19. The molecule has 2 rings (SSSR count). The van der Waals surface area contributed by atoms with Crippen molar-refractivity contribution in [3.05, 3.63) is 36.0 Å². The molecule has 0 saturated carbocycles. The van der Waals surface area contributed by atoms with Gasteiger partial charge in [-0.3, -0.25) is 0 Å². The molecule has 0 bridgehead atoms.